The first-order valence-electron chi connectivity index (χ1n) is 23.5. The fraction of sp³-hybridized carbons (Fsp3) is 0.0625. The summed E-state index contributed by atoms with van der Waals surface area (Å²) in [5.74, 6) is 0. The smallest absolute Gasteiger partial charge is 0.0541 e. The zero-order chi connectivity index (χ0) is 44.6. The first-order chi connectivity index (χ1) is 33.0. The van der Waals surface area contributed by atoms with E-state index in [4.69, 9.17) is 0 Å². The third kappa shape index (κ3) is 6.57. The molecule has 3 heteroatoms. The average molecular weight is 858 g/mol. The highest BCUT2D eigenvalue weighted by Crippen LogP contribution is 2.39. The van der Waals surface area contributed by atoms with Crippen LogP contribution in [0.25, 0.3) is 105 Å². The molecule has 10 aromatic carbocycles. The molecule has 13 aromatic rings. The second-order valence-corrected chi connectivity index (χ2v) is 18.3. The van der Waals surface area contributed by atoms with Crippen LogP contribution >= 0.6 is 0 Å². The molecule has 0 atom stereocenters. The Morgan fingerprint density at radius 2 is 0.627 bits per heavy atom. The van der Waals surface area contributed by atoms with Gasteiger partial charge in [-0.3, -0.25) is 0 Å². The highest BCUT2D eigenvalue weighted by atomic mass is 15.0. The number of rotatable bonds is 8. The van der Waals surface area contributed by atoms with Crippen molar-refractivity contribution in [3.63, 3.8) is 0 Å². The van der Waals surface area contributed by atoms with E-state index in [1.165, 1.54) is 116 Å². The van der Waals surface area contributed by atoms with Gasteiger partial charge in [0.15, 0.2) is 0 Å². The Hall–Kier alpha value is -8.40. The van der Waals surface area contributed by atoms with E-state index in [1.807, 2.05) is 0 Å². The summed E-state index contributed by atoms with van der Waals surface area (Å²) in [6.45, 7) is 4.31. The summed E-state index contributed by atoms with van der Waals surface area (Å²) in [6.07, 6.45) is 1.94. The summed E-state index contributed by atoms with van der Waals surface area (Å²) in [4.78, 5) is 0. The van der Waals surface area contributed by atoms with Crippen molar-refractivity contribution in [3.8, 4) is 39.3 Å². The number of aryl methyl sites for hydroxylation is 4. The molecule has 67 heavy (non-hydrogen) atoms. The van der Waals surface area contributed by atoms with Crippen molar-refractivity contribution in [1.29, 1.82) is 0 Å². The molecule has 0 radical (unpaired) electrons. The number of nitrogens with zero attached hydrogens (tertiary/aromatic N) is 3. The van der Waals surface area contributed by atoms with Crippen LogP contribution in [0, 0.1) is 13.8 Å². The van der Waals surface area contributed by atoms with E-state index in [9.17, 15) is 0 Å². The van der Waals surface area contributed by atoms with Crippen molar-refractivity contribution in [3.05, 3.63) is 247 Å². The van der Waals surface area contributed by atoms with Gasteiger partial charge in [0, 0.05) is 49.4 Å². The average Bonchev–Trinajstić information content (AvgIpc) is 4.01. The molecule has 0 aliphatic carbocycles. The molecule has 0 N–H and O–H groups in total. The molecule has 0 aliphatic rings. The van der Waals surface area contributed by atoms with Gasteiger partial charge in [-0.2, -0.15) is 0 Å². The molecular weight excluding hydrogens is 811 g/mol. The van der Waals surface area contributed by atoms with Crippen molar-refractivity contribution in [1.82, 2.24) is 13.7 Å². The van der Waals surface area contributed by atoms with Crippen molar-refractivity contribution in [2.24, 2.45) is 0 Å². The minimum atomic E-state index is 0.968. The van der Waals surface area contributed by atoms with Crippen LogP contribution < -0.4 is 0 Å². The molecule has 318 valence electrons. The summed E-state index contributed by atoms with van der Waals surface area (Å²) in [7, 11) is 0. The number of fused-ring (bicyclic) bond motifs is 9. The molecule has 0 bridgehead atoms. The Morgan fingerprint density at radius 1 is 0.254 bits per heavy atom. The van der Waals surface area contributed by atoms with Gasteiger partial charge in [-0.05, 0) is 157 Å². The maximum absolute atomic E-state index is 2.42. The molecule has 0 amide bonds. The van der Waals surface area contributed by atoms with Crippen LogP contribution in [0.5, 0.6) is 0 Å². The third-order valence-electron chi connectivity index (χ3n) is 14.1. The molecule has 0 unspecified atom stereocenters. The van der Waals surface area contributed by atoms with Crippen LogP contribution in [-0.4, -0.2) is 13.7 Å². The normalized spacial score (nSPS) is 11.9. The molecule has 13 rings (SSSR count). The highest BCUT2D eigenvalue weighted by Gasteiger charge is 2.17. The fourth-order valence-corrected chi connectivity index (χ4v) is 10.7. The molecule has 0 saturated carbocycles. The van der Waals surface area contributed by atoms with Crippen LogP contribution in [-0.2, 0) is 12.8 Å². The standard InChI is InChI=1S/C64H47N3/c1-42-16-24-46(25-17-42)48-28-36-63-57(40-48)58-41-49(29-37-64(58)65(63)50-10-4-3-5-11-50)47-26-21-44(22-27-47)19-20-45-23-35-62-56(39-45)54-13-7-9-15-60(54)67(62)52-32-30-51(31-33-52)66-59-14-8-6-12-53(59)55-38-43(2)18-34-61(55)66/h3-18,21-41H,19-20H2,1-2H3. The van der Waals surface area contributed by atoms with Crippen molar-refractivity contribution in [2.45, 2.75) is 26.7 Å². The van der Waals surface area contributed by atoms with Gasteiger partial charge in [-0.15, -0.1) is 0 Å². The molecule has 0 fully saturated rings. The quantitative estimate of drug-likeness (QED) is 0.145. The van der Waals surface area contributed by atoms with E-state index < -0.39 is 0 Å². The zero-order valence-corrected chi connectivity index (χ0v) is 37.6. The third-order valence-corrected chi connectivity index (χ3v) is 14.1. The number of hydrogen-bond acceptors (Lipinski definition) is 0. The summed E-state index contributed by atoms with van der Waals surface area (Å²) < 4.78 is 7.22. The zero-order valence-electron chi connectivity index (χ0n) is 37.6. The Labute approximate surface area is 390 Å². The van der Waals surface area contributed by atoms with Crippen molar-refractivity contribution >= 4 is 65.4 Å². The van der Waals surface area contributed by atoms with Crippen LogP contribution in [0.4, 0.5) is 0 Å². The maximum atomic E-state index is 2.42. The van der Waals surface area contributed by atoms with E-state index in [1.54, 1.807) is 0 Å². The molecule has 3 aromatic heterocycles. The first-order valence-corrected chi connectivity index (χ1v) is 23.5. The molecule has 0 aliphatic heterocycles. The van der Waals surface area contributed by atoms with Crippen molar-refractivity contribution in [2.75, 3.05) is 0 Å². The predicted molar refractivity (Wildman–Crippen MR) is 284 cm³/mol. The largest absolute Gasteiger partial charge is 0.309 e. The van der Waals surface area contributed by atoms with Crippen LogP contribution in [0.1, 0.15) is 22.3 Å². The topological polar surface area (TPSA) is 14.8 Å². The van der Waals surface area contributed by atoms with E-state index >= 15 is 0 Å². The van der Waals surface area contributed by atoms with Crippen LogP contribution in [0.2, 0.25) is 0 Å². The van der Waals surface area contributed by atoms with Gasteiger partial charge < -0.3 is 13.7 Å². The summed E-state index contributed by atoms with van der Waals surface area (Å²) in [5, 5.41) is 7.67. The van der Waals surface area contributed by atoms with Crippen molar-refractivity contribution < 1.29 is 0 Å². The summed E-state index contributed by atoms with van der Waals surface area (Å²) in [6, 6.07) is 83.2. The minimum Gasteiger partial charge on any atom is -0.309 e. The van der Waals surface area contributed by atoms with Gasteiger partial charge in [0.25, 0.3) is 0 Å². The molecular formula is C64H47N3. The Balaban J connectivity index is 0.789. The number of hydrogen-bond donors (Lipinski definition) is 0. The van der Waals surface area contributed by atoms with E-state index in [2.05, 4.69) is 252 Å². The van der Waals surface area contributed by atoms with Crippen LogP contribution in [0.3, 0.4) is 0 Å². The Bertz CT molecular complexity index is 4010. The lowest BCUT2D eigenvalue weighted by molar-refractivity contribution is 0.962. The lowest BCUT2D eigenvalue weighted by atomic mass is 9.98. The second kappa shape index (κ2) is 15.6. The monoisotopic (exact) mass is 857 g/mol. The number of aromatic nitrogens is 3. The second-order valence-electron chi connectivity index (χ2n) is 18.3. The predicted octanol–water partition coefficient (Wildman–Crippen LogP) is 16.7. The maximum Gasteiger partial charge on any atom is 0.0541 e. The minimum absolute atomic E-state index is 0.968. The Morgan fingerprint density at radius 3 is 1.19 bits per heavy atom. The lowest BCUT2D eigenvalue weighted by Gasteiger charge is -2.12. The van der Waals surface area contributed by atoms with E-state index in [0.29, 0.717) is 0 Å². The summed E-state index contributed by atoms with van der Waals surface area (Å²) in [5.41, 5.74) is 21.0. The van der Waals surface area contributed by atoms with Gasteiger partial charge in [-0.25, -0.2) is 0 Å². The number of benzene rings is 10. The molecule has 3 nitrogen and oxygen atoms in total. The molecule has 3 heterocycles. The molecule has 0 spiro atoms. The molecule has 0 saturated heterocycles. The summed E-state index contributed by atoms with van der Waals surface area (Å²) >= 11 is 0. The van der Waals surface area contributed by atoms with Gasteiger partial charge in [0.05, 0.1) is 33.1 Å². The van der Waals surface area contributed by atoms with E-state index in [0.717, 1.165) is 24.2 Å². The van der Waals surface area contributed by atoms with Gasteiger partial charge in [0.2, 0.25) is 0 Å². The van der Waals surface area contributed by atoms with Gasteiger partial charge >= 0.3 is 0 Å². The van der Waals surface area contributed by atoms with Gasteiger partial charge in [0.1, 0.15) is 0 Å². The van der Waals surface area contributed by atoms with Gasteiger partial charge in [-0.1, -0.05) is 139 Å². The lowest BCUT2D eigenvalue weighted by Crippen LogP contribution is -1.97. The first kappa shape index (κ1) is 39.0. The highest BCUT2D eigenvalue weighted by molar-refractivity contribution is 6.12. The van der Waals surface area contributed by atoms with E-state index in [-0.39, 0.29) is 0 Å². The SMILES string of the molecule is Cc1ccc(-c2ccc3c(c2)c2cc(-c4ccc(CCc5ccc6c(c5)c5ccccc5n6-c5ccc(-n6c7ccccc7c7cc(C)ccc76)cc5)cc4)ccc2n3-c2ccccc2)cc1. The fourth-order valence-electron chi connectivity index (χ4n) is 10.7. The number of para-hydroxylation sites is 3. The van der Waals surface area contributed by atoms with Crippen LogP contribution in [0.15, 0.2) is 224 Å². The Kier molecular flexibility index (Phi) is 9.11.